The van der Waals surface area contributed by atoms with Gasteiger partial charge in [-0.15, -0.1) is 0 Å². The summed E-state index contributed by atoms with van der Waals surface area (Å²) < 4.78 is 11.1. The number of rotatable bonds is 26. The maximum atomic E-state index is 12.7. The summed E-state index contributed by atoms with van der Waals surface area (Å²) in [5.41, 5.74) is 0. The van der Waals surface area contributed by atoms with E-state index in [0.717, 1.165) is 51.4 Å². The Kier molecular flexibility index (Phi) is 23.9. The minimum atomic E-state index is -1.56. The zero-order chi connectivity index (χ0) is 31.7. The highest BCUT2D eigenvalue weighted by Gasteiger charge is 2.44. The number of unbranched alkanes of at least 4 members (excludes halogenated alkanes) is 14. The van der Waals surface area contributed by atoms with E-state index >= 15 is 0 Å². The summed E-state index contributed by atoms with van der Waals surface area (Å²) in [6.07, 6.45) is 19.7. The lowest BCUT2D eigenvalue weighted by Crippen LogP contribution is -2.60. The minimum Gasteiger partial charge on any atom is -0.394 e. The van der Waals surface area contributed by atoms with E-state index in [9.17, 15) is 30.3 Å². The molecule has 6 N–H and O–H groups in total. The van der Waals surface area contributed by atoms with Crippen molar-refractivity contribution in [2.24, 2.45) is 0 Å². The molecule has 252 valence electrons. The SMILES string of the molecule is CCCCCCCCCC/C=C/CC/C=C/C(O)C(COC1OC(CO)C(O)C(O)C1O)NC(=O)CCCCCCCC. The van der Waals surface area contributed by atoms with E-state index in [1.165, 1.54) is 57.8 Å². The van der Waals surface area contributed by atoms with Gasteiger partial charge in [0.15, 0.2) is 6.29 Å². The number of hydrogen-bond acceptors (Lipinski definition) is 8. The third-order valence-electron chi connectivity index (χ3n) is 8.03. The Hall–Kier alpha value is -1.33. The average molecular weight is 614 g/mol. The van der Waals surface area contributed by atoms with Gasteiger partial charge < -0.3 is 40.3 Å². The van der Waals surface area contributed by atoms with Crippen LogP contribution in [0.5, 0.6) is 0 Å². The highest BCUT2D eigenvalue weighted by Crippen LogP contribution is 2.22. The molecule has 0 radical (unpaired) electrons. The Bertz CT molecular complexity index is 731. The van der Waals surface area contributed by atoms with Crippen molar-refractivity contribution < 1.29 is 39.8 Å². The summed E-state index contributed by atoms with van der Waals surface area (Å²) >= 11 is 0. The second kappa shape index (κ2) is 25.9. The van der Waals surface area contributed by atoms with Crippen molar-refractivity contribution in [1.29, 1.82) is 0 Å². The smallest absolute Gasteiger partial charge is 0.220 e. The predicted octanol–water partition coefficient (Wildman–Crippen LogP) is 4.82. The molecule has 1 aliphatic heterocycles. The Balaban J connectivity index is 2.52. The monoisotopic (exact) mass is 613 g/mol. The molecule has 9 heteroatoms. The van der Waals surface area contributed by atoms with Gasteiger partial charge in [0.25, 0.3) is 0 Å². The van der Waals surface area contributed by atoms with Crippen LogP contribution in [0.25, 0.3) is 0 Å². The van der Waals surface area contributed by atoms with Crippen LogP contribution in [0, 0.1) is 0 Å². The molecule has 0 aliphatic carbocycles. The molecule has 0 aromatic rings. The van der Waals surface area contributed by atoms with Gasteiger partial charge in [-0.3, -0.25) is 4.79 Å². The average Bonchev–Trinajstić information content (AvgIpc) is 3.00. The van der Waals surface area contributed by atoms with Gasteiger partial charge in [-0.25, -0.2) is 0 Å². The topological polar surface area (TPSA) is 149 Å². The Labute approximate surface area is 260 Å². The molecule has 1 aliphatic rings. The quantitative estimate of drug-likeness (QED) is 0.0601. The standard InChI is InChI=1S/C34H63NO8/c1-3-5-7-9-11-12-13-14-15-16-17-18-19-21-23-28(37)27(35-30(38)24-22-20-10-8-6-4-2)26-42-34-33(41)32(40)31(39)29(25-36)43-34/h16-17,21,23,27-29,31-34,36-37,39-41H,3-15,18-20,22,24-26H2,1-2H3,(H,35,38)/b17-16+,23-21+. The van der Waals surface area contributed by atoms with Crippen LogP contribution >= 0.6 is 0 Å². The number of ether oxygens (including phenoxy) is 2. The number of carbonyl (C=O) groups excluding carboxylic acids is 1. The van der Waals surface area contributed by atoms with Crippen LogP contribution in [0.15, 0.2) is 24.3 Å². The van der Waals surface area contributed by atoms with Gasteiger partial charge in [0.2, 0.25) is 5.91 Å². The number of aliphatic hydroxyl groups is 5. The lowest BCUT2D eigenvalue weighted by Gasteiger charge is -2.40. The molecule has 1 rings (SSSR count). The molecule has 9 nitrogen and oxygen atoms in total. The van der Waals surface area contributed by atoms with E-state index in [1.807, 2.05) is 6.08 Å². The fourth-order valence-electron chi connectivity index (χ4n) is 5.17. The maximum Gasteiger partial charge on any atom is 0.220 e. The molecule has 0 bridgehead atoms. The van der Waals surface area contributed by atoms with Crippen LogP contribution in [0.3, 0.4) is 0 Å². The number of carbonyl (C=O) groups is 1. The van der Waals surface area contributed by atoms with Crippen LogP contribution in [-0.2, 0) is 14.3 Å². The first-order valence-electron chi connectivity index (χ1n) is 17.1. The first-order valence-corrected chi connectivity index (χ1v) is 17.1. The van der Waals surface area contributed by atoms with E-state index in [0.29, 0.717) is 6.42 Å². The van der Waals surface area contributed by atoms with Crippen molar-refractivity contribution in [2.45, 2.75) is 172 Å². The Morgan fingerprint density at radius 3 is 1.95 bits per heavy atom. The summed E-state index contributed by atoms with van der Waals surface area (Å²) in [7, 11) is 0. The molecule has 0 aromatic heterocycles. The van der Waals surface area contributed by atoms with Gasteiger partial charge in [0.1, 0.15) is 24.4 Å². The highest BCUT2D eigenvalue weighted by molar-refractivity contribution is 5.76. The molecule has 1 saturated heterocycles. The highest BCUT2D eigenvalue weighted by atomic mass is 16.7. The molecular weight excluding hydrogens is 550 g/mol. The molecule has 7 unspecified atom stereocenters. The summed E-state index contributed by atoms with van der Waals surface area (Å²) in [5, 5.41) is 53.5. The van der Waals surface area contributed by atoms with Gasteiger partial charge in [-0.1, -0.05) is 115 Å². The molecule has 0 aromatic carbocycles. The second-order valence-corrected chi connectivity index (χ2v) is 12.0. The number of nitrogens with one attached hydrogen (secondary N) is 1. The van der Waals surface area contributed by atoms with Gasteiger partial charge in [0.05, 0.1) is 25.4 Å². The van der Waals surface area contributed by atoms with Crippen molar-refractivity contribution in [2.75, 3.05) is 13.2 Å². The van der Waals surface area contributed by atoms with Crippen molar-refractivity contribution >= 4 is 5.91 Å². The Morgan fingerprint density at radius 2 is 1.33 bits per heavy atom. The van der Waals surface area contributed by atoms with E-state index in [2.05, 4.69) is 31.3 Å². The van der Waals surface area contributed by atoms with Gasteiger partial charge in [0, 0.05) is 6.42 Å². The lowest BCUT2D eigenvalue weighted by molar-refractivity contribution is -0.302. The summed E-state index contributed by atoms with van der Waals surface area (Å²) in [6.45, 7) is 3.64. The molecule has 1 amide bonds. The first-order chi connectivity index (χ1) is 20.8. The van der Waals surface area contributed by atoms with E-state index in [-0.39, 0.29) is 12.5 Å². The molecular formula is C34H63NO8. The van der Waals surface area contributed by atoms with Crippen LogP contribution in [0.4, 0.5) is 0 Å². The molecule has 7 atom stereocenters. The van der Waals surface area contributed by atoms with Gasteiger partial charge in [-0.2, -0.15) is 0 Å². The van der Waals surface area contributed by atoms with E-state index < -0.39 is 49.5 Å². The fraction of sp³-hybridized carbons (Fsp3) is 0.853. The van der Waals surface area contributed by atoms with Crippen molar-refractivity contribution in [3.8, 4) is 0 Å². The van der Waals surface area contributed by atoms with Crippen LogP contribution in [0.2, 0.25) is 0 Å². The number of allylic oxidation sites excluding steroid dienone is 3. The van der Waals surface area contributed by atoms with Crippen molar-refractivity contribution in [3.05, 3.63) is 24.3 Å². The largest absolute Gasteiger partial charge is 0.394 e. The fourth-order valence-corrected chi connectivity index (χ4v) is 5.17. The van der Waals surface area contributed by atoms with Crippen LogP contribution in [-0.4, -0.2) is 87.5 Å². The van der Waals surface area contributed by atoms with Gasteiger partial charge >= 0.3 is 0 Å². The van der Waals surface area contributed by atoms with E-state index in [4.69, 9.17) is 9.47 Å². The van der Waals surface area contributed by atoms with E-state index in [1.54, 1.807) is 6.08 Å². The minimum absolute atomic E-state index is 0.199. The lowest BCUT2D eigenvalue weighted by atomic mass is 9.99. The molecule has 1 heterocycles. The maximum absolute atomic E-state index is 12.7. The van der Waals surface area contributed by atoms with Crippen molar-refractivity contribution in [1.82, 2.24) is 5.32 Å². The third-order valence-corrected chi connectivity index (χ3v) is 8.03. The third kappa shape index (κ3) is 18.3. The molecule has 0 saturated carbocycles. The second-order valence-electron chi connectivity index (χ2n) is 12.0. The van der Waals surface area contributed by atoms with Gasteiger partial charge in [-0.05, 0) is 32.1 Å². The number of aliphatic hydroxyl groups excluding tert-OH is 5. The van der Waals surface area contributed by atoms with Crippen LogP contribution in [0.1, 0.15) is 129 Å². The number of amides is 1. The predicted molar refractivity (Wildman–Crippen MR) is 170 cm³/mol. The molecule has 43 heavy (non-hydrogen) atoms. The molecule has 1 fully saturated rings. The molecule has 0 spiro atoms. The zero-order valence-electron chi connectivity index (χ0n) is 27.0. The number of hydrogen-bond donors (Lipinski definition) is 6. The first kappa shape index (κ1) is 39.7. The zero-order valence-corrected chi connectivity index (χ0v) is 27.0. The van der Waals surface area contributed by atoms with Crippen LogP contribution < -0.4 is 5.32 Å². The normalized spacial score (nSPS) is 24.1. The summed E-state index contributed by atoms with van der Waals surface area (Å²) in [5.74, 6) is -0.200. The summed E-state index contributed by atoms with van der Waals surface area (Å²) in [4.78, 5) is 12.7. The summed E-state index contributed by atoms with van der Waals surface area (Å²) in [6, 6.07) is -0.811. The van der Waals surface area contributed by atoms with Crippen molar-refractivity contribution in [3.63, 3.8) is 0 Å². The Morgan fingerprint density at radius 1 is 0.767 bits per heavy atom.